The molecule has 0 saturated heterocycles. The Balaban J connectivity index is 1.16. The van der Waals surface area contributed by atoms with E-state index in [0.29, 0.717) is 0 Å². The average molecular weight is 640 g/mol. The van der Waals surface area contributed by atoms with E-state index in [1.807, 2.05) is 12.1 Å². The van der Waals surface area contributed by atoms with Gasteiger partial charge in [-0.3, -0.25) is 0 Å². The first-order valence-electron chi connectivity index (χ1n) is 17.0. The third-order valence-electron chi connectivity index (χ3n) is 9.52. The zero-order chi connectivity index (χ0) is 33.3. The molecule has 50 heavy (non-hydrogen) atoms. The molecule has 9 rings (SSSR count). The van der Waals surface area contributed by atoms with Crippen LogP contribution in [0.4, 0.5) is 17.1 Å². The highest BCUT2D eigenvalue weighted by Gasteiger charge is 2.20. The van der Waals surface area contributed by atoms with Crippen LogP contribution in [0.3, 0.4) is 0 Å². The molecular weight excluding hydrogens is 607 g/mol. The first-order chi connectivity index (χ1) is 24.8. The number of para-hydroxylation sites is 3. The van der Waals surface area contributed by atoms with Gasteiger partial charge in [-0.2, -0.15) is 0 Å². The molecule has 2 nitrogen and oxygen atoms in total. The number of fused-ring (bicyclic) bond motifs is 3. The molecule has 9 aromatic rings. The Bertz CT molecular complexity index is 2580. The van der Waals surface area contributed by atoms with E-state index in [9.17, 15) is 0 Å². The number of nitrogens with zero attached hydrogens (tertiary/aromatic N) is 1. The number of rotatable bonds is 7. The van der Waals surface area contributed by atoms with Crippen molar-refractivity contribution in [3.05, 3.63) is 200 Å². The molecule has 0 radical (unpaired) electrons. The topological polar surface area (TPSA) is 16.4 Å². The van der Waals surface area contributed by atoms with Crippen LogP contribution in [0.1, 0.15) is 0 Å². The average Bonchev–Trinajstić information content (AvgIpc) is 3.57. The maximum Gasteiger partial charge on any atom is 0.136 e. The highest BCUT2D eigenvalue weighted by Crippen LogP contribution is 2.45. The van der Waals surface area contributed by atoms with Gasteiger partial charge < -0.3 is 9.32 Å². The van der Waals surface area contributed by atoms with Crippen molar-refractivity contribution in [3.8, 4) is 44.5 Å². The quantitative estimate of drug-likeness (QED) is 0.173. The number of hydrogen-bond donors (Lipinski definition) is 0. The summed E-state index contributed by atoms with van der Waals surface area (Å²) in [6.07, 6.45) is 0. The van der Waals surface area contributed by atoms with Gasteiger partial charge in [0.05, 0.1) is 5.69 Å². The molecule has 1 heterocycles. The van der Waals surface area contributed by atoms with Gasteiger partial charge in [0.15, 0.2) is 0 Å². The Labute approximate surface area is 292 Å². The van der Waals surface area contributed by atoms with Crippen molar-refractivity contribution < 1.29 is 4.42 Å². The van der Waals surface area contributed by atoms with E-state index in [2.05, 4.69) is 193 Å². The van der Waals surface area contributed by atoms with E-state index in [1.54, 1.807) is 0 Å². The van der Waals surface area contributed by atoms with Gasteiger partial charge in [0.2, 0.25) is 0 Å². The lowest BCUT2D eigenvalue weighted by atomic mass is 9.88. The van der Waals surface area contributed by atoms with Gasteiger partial charge in [0, 0.05) is 27.7 Å². The lowest BCUT2D eigenvalue weighted by Crippen LogP contribution is -2.11. The van der Waals surface area contributed by atoms with Gasteiger partial charge in [-0.1, -0.05) is 152 Å². The van der Waals surface area contributed by atoms with Gasteiger partial charge in [-0.05, 0) is 87.5 Å². The highest BCUT2D eigenvalue weighted by molar-refractivity contribution is 6.06. The molecule has 0 atom stereocenters. The van der Waals surface area contributed by atoms with Crippen LogP contribution in [0.15, 0.2) is 205 Å². The Morgan fingerprint density at radius 2 is 0.800 bits per heavy atom. The Morgan fingerprint density at radius 1 is 0.300 bits per heavy atom. The maximum atomic E-state index is 6.21. The molecule has 0 saturated carbocycles. The van der Waals surface area contributed by atoms with Crippen LogP contribution in [-0.2, 0) is 0 Å². The molecule has 0 amide bonds. The van der Waals surface area contributed by atoms with Crippen molar-refractivity contribution in [3.63, 3.8) is 0 Å². The van der Waals surface area contributed by atoms with Crippen LogP contribution in [0.5, 0.6) is 0 Å². The largest absolute Gasteiger partial charge is 0.456 e. The second-order valence-corrected chi connectivity index (χ2v) is 12.5. The Hall–Kier alpha value is -6.64. The first-order valence-corrected chi connectivity index (χ1v) is 17.0. The zero-order valence-corrected chi connectivity index (χ0v) is 27.4. The number of benzene rings is 8. The molecule has 1 aromatic heterocycles. The van der Waals surface area contributed by atoms with Crippen molar-refractivity contribution in [1.82, 2.24) is 0 Å². The minimum Gasteiger partial charge on any atom is -0.456 e. The van der Waals surface area contributed by atoms with E-state index in [-0.39, 0.29) is 0 Å². The lowest BCUT2D eigenvalue weighted by Gasteiger charge is -2.28. The first kappa shape index (κ1) is 29.5. The normalized spacial score (nSPS) is 11.2. The molecule has 0 spiro atoms. The summed E-state index contributed by atoms with van der Waals surface area (Å²) in [5.74, 6) is 0. The van der Waals surface area contributed by atoms with Crippen LogP contribution in [0, 0.1) is 0 Å². The predicted molar refractivity (Wildman–Crippen MR) is 210 cm³/mol. The van der Waals surface area contributed by atoms with E-state index in [1.165, 1.54) is 27.8 Å². The van der Waals surface area contributed by atoms with E-state index >= 15 is 0 Å². The summed E-state index contributed by atoms with van der Waals surface area (Å²) >= 11 is 0. The van der Waals surface area contributed by atoms with Gasteiger partial charge >= 0.3 is 0 Å². The monoisotopic (exact) mass is 639 g/mol. The Kier molecular flexibility index (Phi) is 7.53. The summed E-state index contributed by atoms with van der Waals surface area (Å²) in [6.45, 7) is 0. The third kappa shape index (κ3) is 5.34. The smallest absolute Gasteiger partial charge is 0.136 e. The minimum atomic E-state index is 0.903. The number of anilines is 3. The fraction of sp³-hybridized carbons (Fsp3) is 0. The SMILES string of the molecule is c1ccc(-c2ccccc2-c2ccccc2-c2ccccc2N(c2ccccc2)c2ccc(-c3ccc4c(c3)oc3ccccc34)cc2)cc1. The molecule has 236 valence electrons. The van der Waals surface area contributed by atoms with E-state index in [0.717, 1.165) is 55.7 Å². The third-order valence-corrected chi connectivity index (χ3v) is 9.52. The van der Waals surface area contributed by atoms with Gasteiger partial charge in [0.1, 0.15) is 11.2 Å². The zero-order valence-electron chi connectivity index (χ0n) is 27.4. The molecule has 2 heteroatoms. The van der Waals surface area contributed by atoms with Crippen LogP contribution >= 0.6 is 0 Å². The summed E-state index contributed by atoms with van der Waals surface area (Å²) in [7, 11) is 0. The van der Waals surface area contributed by atoms with Crippen LogP contribution in [0.25, 0.3) is 66.4 Å². The van der Waals surface area contributed by atoms with Crippen molar-refractivity contribution >= 4 is 39.0 Å². The molecule has 0 aliphatic carbocycles. The predicted octanol–water partition coefficient (Wildman–Crippen LogP) is 13.7. The van der Waals surface area contributed by atoms with Gasteiger partial charge in [-0.15, -0.1) is 0 Å². The van der Waals surface area contributed by atoms with Gasteiger partial charge in [-0.25, -0.2) is 0 Å². The number of hydrogen-bond acceptors (Lipinski definition) is 2. The Morgan fingerprint density at radius 3 is 1.54 bits per heavy atom. The summed E-state index contributed by atoms with van der Waals surface area (Å²) in [4.78, 5) is 2.36. The standard InChI is InChI=1S/C48H33NO/c1-3-15-35(16-4-1)39-19-7-8-20-40(39)41-21-9-10-22-42(41)43-23-11-13-25-46(43)49(37-17-5-2-6-18-37)38-30-27-34(28-31-38)36-29-32-45-44-24-12-14-26-47(44)50-48(45)33-36/h1-33H. The summed E-state index contributed by atoms with van der Waals surface area (Å²) in [5.41, 5.74) is 14.5. The fourth-order valence-corrected chi connectivity index (χ4v) is 7.15. The maximum absolute atomic E-state index is 6.21. The molecule has 0 N–H and O–H groups in total. The summed E-state index contributed by atoms with van der Waals surface area (Å²) in [6, 6.07) is 71.1. The summed E-state index contributed by atoms with van der Waals surface area (Å²) in [5, 5.41) is 2.28. The second kappa shape index (κ2) is 12.8. The van der Waals surface area contributed by atoms with Crippen molar-refractivity contribution in [2.24, 2.45) is 0 Å². The molecular formula is C48H33NO. The van der Waals surface area contributed by atoms with Crippen molar-refractivity contribution in [2.75, 3.05) is 4.90 Å². The molecule has 8 aromatic carbocycles. The highest BCUT2D eigenvalue weighted by atomic mass is 16.3. The second-order valence-electron chi connectivity index (χ2n) is 12.5. The van der Waals surface area contributed by atoms with Crippen LogP contribution < -0.4 is 4.90 Å². The van der Waals surface area contributed by atoms with Crippen LogP contribution in [0.2, 0.25) is 0 Å². The van der Waals surface area contributed by atoms with E-state index < -0.39 is 0 Å². The number of furan rings is 1. The molecule has 0 fully saturated rings. The lowest BCUT2D eigenvalue weighted by molar-refractivity contribution is 0.669. The minimum absolute atomic E-state index is 0.903. The molecule has 0 unspecified atom stereocenters. The fourth-order valence-electron chi connectivity index (χ4n) is 7.15. The van der Waals surface area contributed by atoms with Crippen molar-refractivity contribution in [2.45, 2.75) is 0 Å². The van der Waals surface area contributed by atoms with Crippen molar-refractivity contribution in [1.29, 1.82) is 0 Å². The molecule has 0 aliphatic heterocycles. The van der Waals surface area contributed by atoms with Crippen LogP contribution in [-0.4, -0.2) is 0 Å². The van der Waals surface area contributed by atoms with E-state index in [4.69, 9.17) is 4.42 Å². The van der Waals surface area contributed by atoms with Gasteiger partial charge in [0.25, 0.3) is 0 Å². The summed E-state index contributed by atoms with van der Waals surface area (Å²) < 4.78 is 6.21. The molecule has 0 bridgehead atoms. The molecule has 0 aliphatic rings.